The largest absolute Gasteiger partial charge is 0.382 e. The Balaban J connectivity index is 1.51. The summed E-state index contributed by atoms with van der Waals surface area (Å²) >= 11 is 0. The topological polar surface area (TPSA) is 12.0 Å². The van der Waals surface area contributed by atoms with E-state index in [0.717, 1.165) is 12.2 Å². The lowest BCUT2D eigenvalue weighted by molar-refractivity contribution is 0.659. The van der Waals surface area contributed by atoms with Crippen LogP contribution in [-0.4, -0.2) is 6.54 Å². The van der Waals surface area contributed by atoms with Crippen molar-refractivity contribution in [2.24, 2.45) is 0 Å². The highest BCUT2D eigenvalue weighted by Crippen LogP contribution is 2.49. The highest BCUT2D eigenvalue weighted by atomic mass is 14.9. The van der Waals surface area contributed by atoms with Crippen LogP contribution in [-0.2, 0) is 5.41 Å². The first-order valence-electron chi connectivity index (χ1n) is 9.98. The number of fused-ring (bicyclic) bond motifs is 1. The SMILES string of the molecule is CC=C1C(=CCNc2ccc(-c3ccccc3)cc2)C(C)(C)c2ccccc21. The van der Waals surface area contributed by atoms with Crippen LogP contribution in [0, 0.1) is 0 Å². The van der Waals surface area contributed by atoms with Crippen LogP contribution in [0.15, 0.2) is 96.6 Å². The maximum absolute atomic E-state index is 3.56. The van der Waals surface area contributed by atoms with Gasteiger partial charge < -0.3 is 5.32 Å². The number of anilines is 1. The van der Waals surface area contributed by atoms with Gasteiger partial charge in [-0.15, -0.1) is 0 Å². The molecule has 0 amide bonds. The molecule has 0 aromatic heterocycles. The third-order valence-corrected chi connectivity index (χ3v) is 5.75. The van der Waals surface area contributed by atoms with Gasteiger partial charge in [0.25, 0.3) is 0 Å². The van der Waals surface area contributed by atoms with Crippen LogP contribution >= 0.6 is 0 Å². The molecule has 28 heavy (non-hydrogen) atoms. The maximum atomic E-state index is 3.56. The molecule has 4 rings (SSSR count). The quantitative estimate of drug-likeness (QED) is 0.520. The van der Waals surface area contributed by atoms with Crippen LogP contribution in [0.25, 0.3) is 16.7 Å². The Hall–Kier alpha value is -3.06. The van der Waals surface area contributed by atoms with Crippen molar-refractivity contribution in [3.05, 3.63) is 108 Å². The lowest BCUT2D eigenvalue weighted by Gasteiger charge is -2.22. The summed E-state index contributed by atoms with van der Waals surface area (Å²) in [6.07, 6.45) is 4.59. The Kier molecular flexibility index (Phi) is 4.92. The van der Waals surface area contributed by atoms with Gasteiger partial charge in [0.2, 0.25) is 0 Å². The van der Waals surface area contributed by atoms with E-state index in [1.54, 1.807) is 0 Å². The molecule has 1 aliphatic rings. The molecular formula is C27H27N. The van der Waals surface area contributed by atoms with Gasteiger partial charge in [-0.25, -0.2) is 0 Å². The first-order chi connectivity index (χ1) is 13.6. The predicted octanol–water partition coefficient (Wildman–Crippen LogP) is 7.09. The highest BCUT2D eigenvalue weighted by Gasteiger charge is 2.36. The minimum absolute atomic E-state index is 0.0390. The molecule has 140 valence electrons. The van der Waals surface area contributed by atoms with Gasteiger partial charge in [0.1, 0.15) is 0 Å². The van der Waals surface area contributed by atoms with E-state index >= 15 is 0 Å². The fraction of sp³-hybridized carbons (Fsp3) is 0.185. The third-order valence-electron chi connectivity index (χ3n) is 5.75. The Labute approximate surface area is 168 Å². The minimum Gasteiger partial charge on any atom is -0.382 e. The molecule has 1 N–H and O–H groups in total. The molecule has 0 spiro atoms. The van der Waals surface area contributed by atoms with Crippen molar-refractivity contribution in [1.29, 1.82) is 0 Å². The van der Waals surface area contributed by atoms with Crippen LogP contribution in [0.5, 0.6) is 0 Å². The molecule has 0 fully saturated rings. The van der Waals surface area contributed by atoms with E-state index < -0.39 is 0 Å². The zero-order chi connectivity index (χ0) is 19.6. The van der Waals surface area contributed by atoms with Crippen LogP contribution in [0.2, 0.25) is 0 Å². The Morgan fingerprint density at radius 2 is 1.43 bits per heavy atom. The van der Waals surface area contributed by atoms with E-state index in [-0.39, 0.29) is 5.41 Å². The highest BCUT2D eigenvalue weighted by molar-refractivity contribution is 5.89. The van der Waals surface area contributed by atoms with Crippen LogP contribution in [0.4, 0.5) is 5.69 Å². The van der Waals surface area contributed by atoms with Gasteiger partial charge in [-0.05, 0) is 52.5 Å². The molecule has 0 aliphatic heterocycles. The number of hydrogen-bond acceptors (Lipinski definition) is 1. The van der Waals surface area contributed by atoms with Gasteiger partial charge >= 0.3 is 0 Å². The predicted molar refractivity (Wildman–Crippen MR) is 122 cm³/mol. The smallest absolute Gasteiger partial charge is 0.0343 e. The lowest BCUT2D eigenvalue weighted by Crippen LogP contribution is -2.16. The van der Waals surface area contributed by atoms with Gasteiger partial charge in [-0.2, -0.15) is 0 Å². The zero-order valence-corrected chi connectivity index (χ0v) is 16.9. The Bertz CT molecular complexity index is 1020. The van der Waals surface area contributed by atoms with Crippen molar-refractivity contribution in [2.75, 3.05) is 11.9 Å². The third kappa shape index (κ3) is 3.29. The molecule has 1 nitrogen and oxygen atoms in total. The summed E-state index contributed by atoms with van der Waals surface area (Å²) in [5.74, 6) is 0. The number of hydrogen-bond donors (Lipinski definition) is 1. The van der Waals surface area contributed by atoms with Gasteiger partial charge in [-0.1, -0.05) is 92.7 Å². The summed E-state index contributed by atoms with van der Waals surface area (Å²) < 4.78 is 0. The number of allylic oxidation sites excluding steroid dienone is 3. The van der Waals surface area contributed by atoms with E-state index in [9.17, 15) is 0 Å². The van der Waals surface area contributed by atoms with E-state index in [1.165, 1.54) is 33.4 Å². The first kappa shape index (κ1) is 18.3. The van der Waals surface area contributed by atoms with Gasteiger partial charge in [0, 0.05) is 17.6 Å². The van der Waals surface area contributed by atoms with E-state index in [2.05, 4.69) is 117 Å². The number of rotatable bonds is 4. The Morgan fingerprint density at radius 3 is 2.14 bits per heavy atom. The van der Waals surface area contributed by atoms with E-state index in [1.807, 2.05) is 0 Å². The monoisotopic (exact) mass is 365 g/mol. The Morgan fingerprint density at radius 1 is 0.786 bits per heavy atom. The summed E-state index contributed by atoms with van der Waals surface area (Å²) in [6, 6.07) is 27.9. The van der Waals surface area contributed by atoms with Crippen molar-refractivity contribution in [3.63, 3.8) is 0 Å². The van der Waals surface area contributed by atoms with Crippen molar-refractivity contribution in [3.8, 4) is 11.1 Å². The molecule has 0 radical (unpaired) electrons. The second-order valence-electron chi connectivity index (χ2n) is 7.82. The molecular weight excluding hydrogens is 338 g/mol. The summed E-state index contributed by atoms with van der Waals surface area (Å²) in [4.78, 5) is 0. The van der Waals surface area contributed by atoms with Crippen LogP contribution in [0.3, 0.4) is 0 Å². The molecule has 1 heteroatoms. The molecule has 3 aromatic carbocycles. The summed E-state index contributed by atoms with van der Waals surface area (Å²) in [7, 11) is 0. The summed E-state index contributed by atoms with van der Waals surface area (Å²) in [5.41, 5.74) is 9.23. The molecule has 0 saturated heterocycles. The van der Waals surface area contributed by atoms with Crippen molar-refractivity contribution >= 4 is 11.3 Å². The zero-order valence-electron chi connectivity index (χ0n) is 16.9. The molecule has 0 saturated carbocycles. The van der Waals surface area contributed by atoms with Crippen molar-refractivity contribution in [1.82, 2.24) is 0 Å². The molecule has 0 unspecified atom stereocenters. The molecule has 1 aliphatic carbocycles. The van der Waals surface area contributed by atoms with Gasteiger partial charge in [0.15, 0.2) is 0 Å². The summed E-state index contributed by atoms with van der Waals surface area (Å²) in [6.45, 7) is 7.59. The molecule has 0 atom stereocenters. The fourth-order valence-electron chi connectivity index (χ4n) is 4.25. The number of benzene rings is 3. The number of nitrogens with one attached hydrogen (secondary N) is 1. The second kappa shape index (κ2) is 7.52. The normalized spacial score (nSPS) is 17.7. The average Bonchev–Trinajstić information content (AvgIpc) is 2.96. The maximum Gasteiger partial charge on any atom is 0.0343 e. The van der Waals surface area contributed by atoms with Crippen molar-refractivity contribution in [2.45, 2.75) is 26.2 Å². The molecule has 0 bridgehead atoms. The summed E-state index contributed by atoms with van der Waals surface area (Å²) in [5, 5.41) is 3.56. The molecule has 3 aromatic rings. The second-order valence-corrected chi connectivity index (χ2v) is 7.82. The molecule has 0 heterocycles. The van der Waals surface area contributed by atoms with Crippen molar-refractivity contribution < 1.29 is 0 Å². The minimum atomic E-state index is 0.0390. The average molecular weight is 366 g/mol. The standard InChI is InChI=1S/C27H27N/c1-4-23-24-12-8-9-13-25(24)27(2,3)26(23)18-19-28-22-16-14-21(15-17-22)20-10-6-5-7-11-20/h4-18,28H,19H2,1-3H3. The van der Waals surface area contributed by atoms with Gasteiger partial charge in [-0.3, -0.25) is 0 Å². The van der Waals surface area contributed by atoms with E-state index in [0.29, 0.717) is 0 Å². The van der Waals surface area contributed by atoms with E-state index in [4.69, 9.17) is 0 Å². The lowest BCUT2D eigenvalue weighted by atomic mass is 9.82. The fourth-order valence-corrected chi connectivity index (χ4v) is 4.25. The van der Waals surface area contributed by atoms with Gasteiger partial charge in [0.05, 0.1) is 0 Å². The van der Waals surface area contributed by atoms with Crippen LogP contribution < -0.4 is 5.32 Å². The first-order valence-corrected chi connectivity index (χ1v) is 9.98. The van der Waals surface area contributed by atoms with Crippen LogP contribution in [0.1, 0.15) is 31.9 Å².